The lowest BCUT2D eigenvalue weighted by Crippen LogP contribution is -2.41. The molecular formula is C12H15FN2O. The zero-order valence-electron chi connectivity index (χ0n) is 9.03. The van der Waals surface area contributed by atoms with E-state index in [1.165, 1.54) is 0 Å². The van der Waals surface area contributed by atoms with Gasteiger partial charge in [0.15, 0.2) is 0 Å². The van der Waals surface area contributed by atoms with Crippen molar-refractivity contribution in [2.75, 3.05) is 13.1 Å². The Hall–Kier alpha value is -1.29. The smallest absolute Gasteiger partial charge is 0.141 e. The molecule has 2 rings (SSSR count). The fraction of sp³-hybridized carbons (Fsp3) is 0.500. The van der Waals surface area contributed by atoms with E-state index in [9.17, 15) is 9.18 Å². The van der Waals surface area contributed by atoms with Crippen molar-refractivity contribution >= 4 is 5.78 Å². The molecular weight excluding hydrogens is 207 g/mol. The molecule has 1 saturated heterocycles. The number of carbonyl (C=O) groups excluding carboxylic acids is 1. The summed E-state index contributed by atoms with van der Waals surface area (Å²) in [6.45, 7) is 0.976. The monoisotopic (exact) mass is 222 g/mol. The number of pyridine rings is 1. The maximum Gasteiger partial charge on any atom is 0.141 e. The van der Waals surface area contributed by atoms with Gasteiger partial charge in [-0.05, 0) is 24.1 Å². The highest BCUT2D eigenvalue weighted by molar-refractivity contribution is 5.83. The zero-order chi connectivity index (χ0) is 11.4. The lowest BCUT2D eigenvalue weighted by atomic mass is 9.91. The standard InChI is InChI=1S/C12H15FN2O/c13-11-6-10(7-15-8-11)12(16)5-9-1-3-14-4-2-9/h1-4,10-11,15H,5-8H2. The number of hydrogen-bond donors (Lipinski definition) is 1. The molecule has 0 radical (unpaired) electrons. The van der Waals surface area contributed by atoms with Crippen molar-refractivity contribution in [2.24, 2.45) is 5.92 Å². The first kappa shape index (κ1) is 11.2. The highest BCUT2D eigenvalue weighted by Crippen LogP contribution is 2.16. The van der Waals surface area contributed by atoms with E-state index in [2.05, 4.69) is 10.3 Å². The lowest BCUT2D eigenvalue weighted by Gasteiger charge is -2.24. The summed E-state index contributed by atoms with van der Waals surface area (Å²) in [6.07, 6.45) is 3.18. The summed E-state index contributed by atoms with van der Waals surface area (Å²) in [6, 6.07) is 3.64. The summed E-state index contributed by atoms with van der Waals surface area (Å²) in [5, 5.41) is 2.94. The number of alkyl halides is 1. The van der Waals surface area contributed by atoms with Crippen LogP contribution in [-0.4, -0.2) is 30.0 Å². The van der Waals surface area contributed by atoms with Gasteiger partial charge in [0.1, 0.15) is 12.0 Å². The van der Waals surface area contributed by atoms with E-state index in [-0.39, 0.29) is 11.7 Å². The molecule has 2 unspecified atom stereocenters. The van der Waals surface area contributed by atoms with Crippen molar-refractivity contribution in [2.45, 2.75) is 19.0 Å². The molecule has 1 aromatic heterocycles. The predicted octanol–water partition coefficient (Wildman–Crippen LogP) is 1.14. The van der Waals surface area contributed by atoms with E-state index in [0.29, 0.717) is 25.9 Å². The average molecular weight is 222 g/mol. The number of aromatic nitrogens is 1. The van der Waals surface area contributed by atoms with Gasteiger partial charge < -0.3 is 5.32 Å². The third kappa shape index (κ3) is 2.85. The van der Waals surface area contributed by atoms with Crippen LogP contribution in [0, 0.1) is 5.92 Å². The van der Waals surface area contributed by atoms with Gasteiger partial charge >= 0.3 is 0 Å². The zero-order valence-corrected chi connectivity index (χ0v) is 9.03. The number of nitrogens with one attached hydrogen (secondary N) is 1. The number of hydrogen-bond acceptors (Lipinski definition) is 3. The molecule has 0 spiro atoms. The molecule has 1 aliphatic heterocycles. The van der Waals surface area contributed by atoms with Crippen molar-refractivity contribution in [3.63, 3.8) is 0 Å². The van der Waals surface area contributed by atoms with Crippen LogP contribution in [-0.2, 0) is 11.2 Å². The van der Waals surface area contributed by atoms with Gasteiger partial charge in [0.05, 0.1) is 0 Å². The quantitative estimate of drug-likeness (QED) is 0.834. The molecule has 16 heavy (non-hydrogen) atoms. The Morgan fingerprint density at radius 1 is 1.44 bits per heavy atom. The summed E-state index contributed by atoms with van der Waals surface area (Å²) in [5.74, 6) is -0.0713. The minimum atomic E-state index is -0.889. The van der Waals surface area contributed by atoms with Crippen molar-refractivity contribution in [3.05, 3.63) is 30.1 Å². The molecule has 86 valence electrons. The second-order valence-electron chi connectivity index (χ2n) is 4.19. The van der Waals surface area contributed by atoms with E-state index in [1.54, 1.807) is 12.4 Å². The van der Waals surface area contributed by atoms with Crippen LogP contribution in [0.4, 0.5) is 4.39 Å². The van der Waals surface area contributed by atoms with E-state index in [4.69, 9.17) is 0 Å². The van der Waals surface area contributed by atoms with Crippen LogP contribution in [0.2, 0.25) is 0 Å². The summed E-state index contributed by atoms with van der Waals surface area (Å²) in [5.41, 5.74) is 0.945. The highest BCUT2D eigenvalue weighted by atomic mass is 19.1. The average Bonchev–Trinajstić information content (AvgIpc) is 2.30. The van der Waals surface area contributed by atoms with Gasteiger partial charge in [-0.2, -0.15) is 0 Å². The maximum atomic E-state index is 13.1. The largest absolute Gasteiger partial charge is 0.313 e. The normalized spacial score (nSPS) is 25.3. The molecule has 0 amide bonds. The minimum Gasteiger partial charge on any atom is -0.313 e. The maximum absolute atomic E-state index is 13.1. The van der Waals surface area contributed by atoms with Crippen molar-refractivity contribution < 1.29 is 9.18 Å². The van der Waals surface area contributed by atoms with Crippen molar-refractivity contribution in [3.8, 4) is 0 Å². The molecule has 2 atom stereocenters. The van der Waals surface area contributed by atoms with Crippen LogP contribution in [0.3, 0.4) is 0 Å². The lowest BCUT2D eigenvalue weighted by molar-refractivity contribution is -0.123. The van der Waals surface area contributed by atoms with E-state index >= 15 is 0 Å². The van der Waals surface area contributed by atoms with Gasteiger partial charge in [-0.1, -0.05) is 0 Å². The summed E-state index contributed by atoms with van der Waals surface area (Å²) >= 11 is 0. The summed E-state index contributed by atoms with van der Waals surface area (Å²) < 4.78 is 13.1. The van der Waals surface area contributed by atoms with Crippen LogP contribution in [0.15, 0.2) is 24.5 Å². The SMILES string of the molecule is O=C(Cc1ccncc1)C1CNCC(F)C1. The van der Waals surface area contributed by atoms with E-state index in [1.807, 2.05) is 12.1 Å². The number of piperidine rings is 1. The minimum absolute atomic E-state index is 0.112. The molecule has 3 nitrogen and oxygen atoms in total. The van der Waals surface area contributed by atoms with Crippen LogP contribution in [0.25, 0.3) is 0 Å². The fourth-order valence-electron chi connectivity index (χ4n) is 1.98. The third-order valence-corrected chi connectivity index (χ3v) is 2.88. The van der Waals surface area contributed by atoms with Gasteiger partial charge in [-0.3, -0.25) is 9.78 Å². The third-order valence-electron chi connectivity index (χ3n) is 2.88. The van der Waals surface area contributed by atoms with E-state index < -0.39 is 6.17 Å². The number of carbonyl (C=O) groups is 1. The van der Waals surface area contributed by atoms with Gasteiger partial charge in [0.2, 0.25) is 0 Å². The second-order valence-corrected chi connectivity index (χ2v) is 4.19. The Balaban J connectivity index is 1.93. The number of Topliss-reactive ketones (excluding diaryl/α,β-unsaturated/α-hetero) is 1. The molecule has 1 aromatic rings. The molecule has 0 bridgehead atoms. The molecule has 0 aliphatic carbocycles. The van der Waals surface area contributed by atoms with Gasteiger partial charge in [-0.25, -0.2) is 4.39 Å². The molecule has 1 fully saturated rings. The van der Waals surface area contributed by atoms with Crippen LogP contribution < -0.4 is 5.32 Å². The highest BCUT2D eigenvalue weighted by Gasteiger charge is 2.26. The second kappa shape index (κ2) is 5.16. The first-order valence-corrected chi connectivity index (χ1v) is 5.52. The molecule has 0 aromatic carbocycles. The first-order chi connectivity index (χ1) is 7.75. The summed E-state index contributed by atoms with van der Waals surface area (Å²) in [4.78, 5) is 15.8. The Labute approximate surface area is 94.1 Å². The molecule has 1 N–H and O–H groups in total. The molecule has 0 saturated carbocycles. The van der Waals surface area contributed by atoms with Gasteiger partial charge in [0, 0.05) is 37.8 Å². The molecule has 2 heterocycles. The van der Waals surface area contributed by atoms with Crippen LogP contribution in [0.5, 0.6) is 0 Å². The Bertz CT molecular complexity index is 355. The van der Waals surface area contributed by atoms with Gasteiger partial charge in [-0.15, -0.1) is 0 Å². The van der Waals surface area contributed by atoms with Crippen molar-refractivity contribution in [1.29, 1.82) is 0 Å². The molecule has 1 aliphatic rings. The Kier molecular flexibility index (Phi) is 3.62. The van der Waals surface area contributed by atoms with Gasteiger partial charge in [0.25, 0.3) is 0 Å². The summed E-state index contributed by atoms with van der Waals surface area (Å²) in [7, 11) is 0. The van der Waals surface area contributed by atoms with Crippen LogP contribution >= 0.6 is 0 Å². The molecule has 4 heteroatoms. The first-order valence-electron chi connectivity index (χ1n) is 5.52. The Morgan fingerprint density at radius 3 is 2.88 bits per heavy atom. The van der Waals surface area contributed by atoms with Crippen molar-refractivity contribution in [1.82, 2.24) is 10.3 Å². The number of ketones is 1. The predicted molar refractivity (Wildman–Crippen MR) is 58.8 cm³/mol. The topological polar surface area (TPSA) is 42.0 Å². The number of nitrogens with zero attached hydrogens (tertiary/aromatic N) is 1. The fourth-order valence-corrected chi connectivity index (χ4v) is 1.98. The Morgan fingerprint density at radius 2 is 2.19 bits per heavy atom. The number of rotatable bonds is 3. The van der Waals surface area contributed by atoms with Crippen LogP contribution in [0.1, 0.15) is 12.0 Å². The van der Waals surface area contributed by atoms with E-state index in [0.717, 1.165) is 5.56 Å². The number of halogens is 1.